The Kier molecular flexibility index (Phi) is 29.4. The van der Waals surface area contributed by atoms with E-state index in [1.807, 2.05) is 18.2 Å². The molecule has 0 bridgehead atoms. The topological polar surface area (TPSA) is 134 Å². The molecule has 0 unspecified atom stereocenters. The summed E-state index contributed by atoms with van der Waals surface area (Å²) in [7, 11) is 0. The van der Waals surface area contributed by atoms with Gasteiger partial charge >= 0.3 is 11.9 Å². The average molecular weight is 723 g/mol. The summed E-state index contributed by atoms with van der Waals surface area (Å²) in [5.41, 5.74) is 0. The SMILES string of the molecule is CCCCC[C@H](O)/C=C/[C@@H]1[C@@H](C/C=C/CCCC(=O)OC[C@H](CO)OC(=O)CCCCCCCCCCCCCCCCC(C)C)[C@@H](O)C[C@H]1O. The van der Waals surface area contributed by atoms with Gasteiger partial charge in [-0.05, 0) is 43.9 Å². The zero-order chi connectivity index (χ0) is 37.5. The number of esters is 2. The standard InChI is InChI=1S/C43H78O8/c1-4-5-20-26-36(45)30-31-39-38(40(46)32-41(39)47)27-22-18-19-23-28-42(48)50-34-37(33-44)51-43(49)29-24-17-15-13-11-9-7-6-8-10-12-14-16-21-25-35(2)3/h18,22,30-31,35-41,44-47H,4-17,19-21,23-29,32-34H2,1-3H3/b22-18+,31-30+/t36-,37-,38+,39+,40-,41+/m0/s1. The smallest absolute Gasteiger partial charge is 0.306 e. The van der Waals surface area contributed by atoms with Crippen molar-refractivity contribution in [3.63, 3.8) is 0 Å². The van der Waals surface area contributed by atoms with Crippen LogP contribution in [-0.2, 0) is 19.1 Å². The molecule has 1 aliphatic rings. The second-order valence-corrected chi connectivity index (χ2v) is 15.5. The Morgan fingerprint density at radius 2 is 1.29 bits per heavy atom. The lowest BCUT2D eigenvalue weighted by atomic mass is 9.89. The van der Waals surface area contributed by atoms with Gasteiger partial charge in [0.15, 0.2) is 6.10 Å². The minimum absolute atomic E-state index is 0.119. The second-order valence-electron chi connectivity index (χ2n) is 15.5. The van der Waals surface area contributed by atoms with Crippen molar-refractivity contribution in [2.75, 3.05) is 13.2 Å². The highest BCUT2D eigenvalue weighted by molar-refractivity contribution is 5.70. The van der Waals surface area contributed by atoms with Gasteiger partial charge in [0.25, 0.3) is 0 Å². The Hall–Kier alpha value is -1.74. The van der Waals surface area contributed by atoms with Crippen molar-refractivity contribution >= 4 is 11.9 Å². The fourth-order valence-electron chi connectivity index (χ4n) is 6.97. The van der Waals surface area contributed by atoms with Crippen molar-refractivity contribution in [3.8, 4) is 0 Å². The number of allylic oxidation sites excluding steroid dienone is 2. The molecule has 1 fully saturated rings. The van der Waals surface area contributed by atoms with Crippen LogP contribution in [0.15, 0.2) is 24.3 Å². The van der Waals surface area contributed by atoms with E-state index in [-0.39, 0.29) is 30.8 Å². The number of hydrogen-bond acceptors (Lipinski definition) is 8. The lowest BCUT2D eigenvalue weighted by Gasteiger charge is -2.19. The van der Waals surface area contributed by atoms with Gasteiger partial charge in [-0.1, -0.05) is 154 Å². The number of carbonyl (C=O) groups is 2. The molecule has 1 rings (SSSR count). The predicted octanol–water partition coefficient (Wildman–Crippen LogP) is 9.30. The van der Waals surface area contributed by atoms with Gasteiger partial charge in [0.2, 0.25) is 0 Å². The van der Waals surface area contributed by atoms with Crippen LogP contribution >= 0.6 is 0 Å². The van der Waals surface area contributed by atoms with E-state index in [1.54, 1.807) is 6.08 Å². The fourth-order valence-corrected chi connectivity index (χ4v) is 6.97. The van der Waals surface area contributed by atoms with Gasteiger partial charge in [0.05, 0.1) is 24.9 Å². The number of carbonyl (C=O) groups excluding carboxylic acids is 2. The van der Waals surface area contributed by atoms with Gasteiger partial charge in [-0.2, -0.15) is 0 Å². The summed E-state index contributed by atoms with van der Waals surface area (Å²) in [6.07, 6.45) is 30.5. The average Bonchev–Trinajstić information content (AvgIpc) is 3.37. The number of aliphatic hydroxyl groups is 4. The van der Waals surface area contributed by atoms with Crippen molar-refractivity contribution in [3.05, 3.63) is 24.3 Å². The Bertz CT molecular complexity index is 902. The van der Waals surface area contributed by atoms with Gasteiger partial charge < -0.3 is 29.9 Å². The number of unbranched alkanes of at least 4 members (excludes halogenated alkanes) is 16. The summed E-state index contributed by atoms with van der Waals surface area (Å²) >= 11 is 0. The largest absolute Gasteiger partial charge is 0.462 e. The van der Waals surface area contributed by atoms with E-state index in [1.165, 1.54) is 77.0 Å². The number of aliphatic hydroxyl groups excluding tert-OH is 4. The Morgan fingerprint density at radius 3 is 1.88 bits per heavy atom. The third-order valence-electron chi connectivity index (χ3n) is 10.2. The van der Waals surface area contributed by atoms with Crippen molar-refractivity contribution in [2.45, 2.75) is 206 Å². The highest BCUT2D eigenvalue weighted by atomic mass is 16.6. The first-order chi connectivity index (χ1) is 24.7. The van der Waals surface area contributed by atoms with Gasteiger partial charge in [-0.15, -0.1) is 0 Å². The molecule has 298 valence electrons. The highest BCUT2D eigenvalue weighted by Gasteiger charge is 2.39. The van der Waals surface area contributed by atoms with E-state index in [9.17, 15) is 30.0 Å². The summed E-state index contributed by atoms with van der Waals surface area (Å²) in [4.78, 5) is 24.4. The molecule has 0 heterocycles. The highest BCUT2D eigenvalue weighted by Crippen LogP contribution is 2.36. The zero-order valence-electron chi connectivity index (χ0n) is 32.9. The van der Waals surface area contributed by atoms with Crippen LogP contribution < -0.4 is 0 Å². The zero-order valence-corrected chi connectivity index (χ0v) is 32.9. The predicted molar refractivity (Wildman–Crippen MR) is 207 cm³/mol. The minimum Gasteiger partial charge on any atom is -0.462 e. The maximum atomic E-state index is 12.2. The van der Waals surface area contributed by atoms with E-state index in [0.29, 0.717) is 38.5 Å². The molecule has 0 spiro atoms. The molecule has 8 heteroatoms. The van der Waals surface area contributed by atoms with E-state index < -0.39 is 37.0 Å². The second kappa shape index (κ2) is 31.8. The minimum atomic E-state index is -0.848. The molecule has 0 radical (unpaired) electrons. The summed E-state index contributed by atoms with van der Waals surface area (Å²) < 4.78 is 10.6. The van der Waals surface area contributed by atoms with Crippen molar-refractivity contribution in [2.24, 2.45) is 17.8 Å². The molecule has 1 aliphatic carbocycles. The molecule has 0 amide bonds. The molecular formula is C43H78O8. The normalized spacial score (nSPS) is 20.5. The van der Waals surface area contributed by atoms with Gasteiger partial charge in [0, 0.05) is 25.2 Å². The molecule has 0 saturated heterocycles. The fraction of sp³-hybridized carbons (Fsp3) is 0.860. The maximum Gasteiger partial charge on any atom is 0.306 e. The van der Waals surface area contributed by atoms with Crippen molar-refractivity contribution < 1.29 is 39.5 Å². The van der Waals surface area contributed by atoms with E-state index in [4.69, 9.17) is 9.47 Å². The van der Waals surface area contributed by atoms with Crippen LogP contribution in [0.1, 0.15) is 181 Å². The molecule has 0 aromatic carbocycles. The molecule has 0 aromatic rings. The summed E-state index contributed by atoms with van der Waals surface area (Å²) in [6, 6.07) is 0. The van der Waals surface area contributed by atoms with Crippen molar-refractivity contribution in [1.29, 1.82) is 0 Å². The lowest BCUT2D eigenvalue weighted by molar-refractivity contribution is -0.161. The van der Waals surface area contributed by atoms with E-state index in [2.05, 4.69) is 20.8 Å². The van der Waals surface area contributed by atoms with Crippen molar-refractivity contribution in [1.82, 2.24) is 0 Å². The van der Waals surface area contributed by atoms with Crippen LogP contribution in [0, 0.1) is 17.8 Å². The Labute approximate surface area is 311 Å². The van der Waals surface area contributed by atoms with Gasteiger partial charge in [0.1, 0.15) is 6.61 Å². The Morgan fingerprint density at radius 1 is 0.725 bits per heavy atom. The molecule has 4 N–H and O–H groups in total. The van der Waals surface area contributed by atoms with Crippen LogP contribution in [0.25, 0.3) is 0 Å². The van der Waals surface area contributed by atoms with Gasteiger partial charge in [-0.25, -0.2) is 0 Å². The van der Waals surface area contributed by atoms with Crippen LogP contribution in [0.5, 0.6) is 0 Å². The molecule has 0 aliphatic heterocycles. The number of rotatable bonds is 33. The quantitative estimate of drug-likeness (QED) is 0.0299. The Balaban J connectivity index is 2.08. The first-order valence-electron chi connectivity index (χ1n) is 21.0. The molecule has 51 heavy (non-hydrogen) atoms. The molecule has 6 atom stereocenters. The first kappa shape index (κ1) is 47.3. The molecular weight excluding hydrogens is 644 g/mol. The molecule has 0 aromatic heterocycles. The number of ether oxygens (including phenoxy) is 2. The third kappa shape index (κ3) is 25.8. The lowest BCUT2D eigenvalue weighted by Crippen LogP contribution is -2.28. The summed E-state index contributed by atoms with van der Waals surface area (Å²) in [5.74, 6) is -0.249. The first-order valence-corrected chi connectivity index (χ1v) is 21.0. The van der Waals surface area contributed by atoms with E-state index >= 15 is 0 Å². The monoisotopic (exact) mass is 723 g/mol. The third-order valence-corrected chi connectivity index (χ3v) is 10.2. The summed E-state index contributed by atoms with van der Waals surface area (Å²) in [6.45, 7) is 6.19. The molecule has 1 saturated carbocycles. The van der Waals surface area contributed by atoms with Crippen LogP contribution in [-0.4, -0.2) is 70.0 Å². The maximum absolute atomic E-state index is 12.2. The van der Waals surface area contributed by atoms with Crippen LogP contribution in [0.3, 0.4) is 0 Å². The summed E-state index contributed by atoms with van der Waals surface area (Å²) in [5, 5.41) is 40.7. The van der Waals surface area contributed by atoms with E-state index in [0.717, 1.165) is 44.4 Å². The number of hydrogen-bond donors (Lipinski definition) is 4. The van der Waals surface area contributed by atoms with Gasteiger partial charge in [-0.3, -0.25) is 9.59 Å². The van der Waals surface area contributed by atoms with Crippen LogP contribution in [0.2, 0.25) is 0 Å². The van der Waals surface area contributed by atoms with Crippen LogP contribution in [0.4, 0.5) is 0 Å². The molecule has 8 nitrogen and oxygen atoms in total.